The maximum Gasteiger partial charge on any atom is 0.161 e. The summed E-state index contributed by atoms with van der Waals surface area (Å²) in [5.74, 6) is 0.998. The van der Waals surface area contributed by atoms with Crippen LogP contribution >= 0.6 is 0 Å². The molecule has 2 N–H and O–H groups in total. The second-order valence-electron chi connectivity index (χ2n) is 6.45. The summed E-state index contributed by atoms with van der Waals surface area (Å²) >= 11 is 0. The lowest BCUT2D eigenvalue weighted by Gasteiger charge is -2.16. The smallest absolute Gasteiger partial charge is 0.161 e. The minimum Gasteiger partial charge on any atom is -0.493 e. The molecule has 2 rings (SSSR count). The Morgan fingerprint density at radius 3 is 2.84 bits per heavy atom. The Kier molecular flexibility index (Phi) is 7.95. The van der Waals surface area contributed by atoms with Crippen LogP contribution in [-0.2, 0) is 0 Å². The zero-order valence-corrected chi connectivity index (χ0v) is 15.2. The minimum atomic E-state index is -0.600. The fourth-order valence-corrected chi connectivity index (χ4v) is 2.90. The first-order chi connectivity index (χ1) is 12.1. The number of nitrogens with one attached hydrogen (secondary N) is 1. The summed E-state index contributed by atoms with van der Waals surface area (Å²) < 4.78 is 10.9. The Morgan fingerprint density at radius 2 is 2.16 bits per heavy atom. The van der Waals surface area contributed by atoms with E-state index < -0.39 is 6.10 Å². The van der Waals surface area contributed by atoms with Crippen LogP contribution in [-0.4, -0.2) is 43.8 Å². The molecule has 0 spiro atoms. The molecule has 0 saturated heterocycles. The fourth-order valence-electron chi connectivity index (χ4n) is 2.90. The molecular weight excluding hydrogens is 318 g/mol. The molecule has 25 heavy (non-hydrogen) atoms. The summed E-state index contributed by atoms with van der Waals surface area (Å²) in [6, 6.07) is 5.05. The SMILES string of the molecule is COc1cc(C(C)=O)ccc1OC[C@H](O)CNCCC1=CCCCC1. The van der Waals surface area contributed by atoms with Crippen molar-refractivity contribution in [2.24, 2.45) is 0 Å². The van der Waals surface area contributed by atoms with Gasteiger partial charge in [-0.2, -0.15) is 0 Å². The highest BCUT2D eigenvalue weighted by atomic mass is 16.5. The summed E-state index contributed by atoms with van der Waals surface area (Å²) in [5.41, 5.74) is 2.10. The molecule has 1 aliphatic carbocycles. The molecule has 0 fully saturated rings. The predicted octanol–water partition coefficient (Wildman–Crippen LogP) is 3.12. The summed E-state index contributed by atoms with van der Waals surface area (Å²) in [5, 5.41) is 13.3. The molecule has 0 amide bonds. The number of aliphatic hydroxyl groups excluding tert-OH is 1. The molecule has 0 heterocycles. The summed E-state index contributed by atoms with van der Waals surface area (Å²) in [6.07, 6.45) is 7.82. The molecule has 5 nitrogen and oxygen atoms in total. The Morgan fingerprint density at radius 1 is 1.32 bits per heavy atom. The first kappa shape index (κ1) is 19.5. The molecule has 0 bridgehead atoms. The van der Waals surface area contributed by atoms with Gasteiger partial charge in [0.25, 0.3) is 0 Å². The highest BCUT2D eigenvalue weighted by molar-refractivity contribution is 5.94. The van der Waals surface area contributed by atoms with Crippen LogP contribution in [0, 0.1) is 0 Å². The third-order valence-electron chi connectivity index (χ3n) is 4.39. The Balaban J connectivity index is 1.71. The molecule has 1 atom stereocenters. The number of rotatable bonds is 10. The van der Waals surface area contributed by atoms with Crippen molar-refractivity contribution in [2.75, 3.05) is 26.8 Å². The van der Waals surface area contributed by atoms with Crippen molar-refractivity contribution in [3.05, 3.63) is 35.4 Å². The fraction of sp³-hybridized carbons (Fsp3) is 0.550. The number of allylic oxidation sites excluding steroid dienone is 1. The van der Waals surface area contributed by atoms with Crippen LogP contribution in [0.25, 0.3) is 0 Å². The largest absolute Gasteiger partial charge is 0.493 e. The van der Waals surface area contributed by atoms with E-state index >= 15 is 0 Å². The highest BCUT2D eigenvalue weighted by Crippen LogP contribution is 2.28. The van der Waals surface area contributed by atoms with Gasteiger partial charge < -0.3 is 19.9 Å². The van der Waals surface area contributed by atoms with Crippen LogP contribution in [0.4, 0.5) is 0 Å². The van der Waals surface area contributed by atoms with E-state index in [0.717, 1.165) is 13.0 Å². The molecule has 0 aromatic heterocycles. The van der Waals surface area contributed by atoms with Gasteiger partial charge in [0.1, 0.15) is 12.7 Å². The van der Waals surface area contributed by atoms with E-state index in [0.29, 0.717) is 23.6 Å². The van der Waals surface area contributed by atoms with Crippen LogP contribution in [0.2, 0.25) is 0 Å². The van der Waals surface area contributed by atoms with Crippen LogP contribution in [0.1, 0.15) is 49.4 Å². The van der Waals surface area contributed by atoms with Gasteiger partial charge in [0.05, 0.1) is 7.11 Å². The minimum absolute atomic E-state index is 0.0258. The topological polar surface area (TPSA) is 67.8 Å². The summed E-state index contributed by atoms with van der Waals surface area (Å²) in [7, 11) is 1.53. The number of carbonyl (C=O) groups is 1. The molecule has 0 aliphatic heterocycles. The van der Waals surface area contributed by atoms with Gasteiger partial charge in [-0.05, 0) is 63.8 Å². The second kappa shape index (κ2) is 10.2. The first-order valence-corrected chi connectivity index (χ1v) is 8.98. The van der Waals surface area contributed by atoms with Gasteiger partial charge in [0.15, 0.2) is 17.3 Å². The van der Waals surface area contributed by atoms with Gasteiger partial charge in [0, 0.05) is 12.1 Å². The van der Waals surface area contributed by atoms with Crippen molar-refractivity contribution in [1.82, 2.24) is 5.32 Å². The normalized spacial score (nSPS) is 15.4. The number of hydrogen-bond donors (Lipinski definition) is 2. The molecule has 138 valence electrons. The third kappa shape index (κ3) is 6.52. The molecule has 1 aliphatic rings. The standard InChI is InChI=1S/C20H29NO4/c1-15(22)17-8-9-19(20(12-17)24-2)25-14-18(23)13-21-11-10-16-6-4-3-5-7-16/h6,8-9,12,18,21,23H,3-5,7,10-11,13-14H2,1-2H3/t18-/m1/s1. The zero-order chi connectivity index (χ0) is 18.1. The summed E-state index contributed by atoms with van der Waals surface area (Å²) in [4.78, 5) is 11.4. The van der Waals surface area contributed by atoms with E-state index in [1.54, 1.807) is 18.2 Å². The Bertz CT molecular complexity index is 597. The number of ketones is 1. The van der Waals surface area contributed by atoms with Gasteiger partial charge in [0.2, 0.25) is 0 Å². The molecule has 1 aromatic rings. The van der Waals surface area contributed by atoms with Crippen molar-refractivity contribution in [2.45, 2.75) is 45.1 Å². The average molecular weight is 347 g/mol. The molecule has 5 heteroatoms. The average Bonchev–Trinajstić information content (AvgIpc) is 2.64. The first-order valence-electron chi connectivity index (χ1n) is 8.98. The number of Topliss-reactive ketones (excluding diaryl/α,β-unsaturated/α-hetero) is 1. The van der Waals surface area contributed by atoms with Crippen molar-refractivity contribution in [3.8, 4) is 11.5 Å². The lowest BCUT2D eigenvalue weighted by atomic mass is 9.97. The highest BCUT2D eigenvalue weighted by Gasteiger charge is 2.11. The maximum atomic E-state index is 11.4. The van der Waals surface area contributed by atoms with Crippen molar-refractivity contribution < 1.29 is 19.4 Å². The van der Waals surface area contributed by atoms with Crippen LogP contribution in [0.5, 0.6) is 11.5 Å². The number of benzene rings is 1. The Hall–Kier alpha value is -1.85. The van der Waals surface area contributed by atoms with E-state index in [4.69, 9.17) is 9.47 Å². The predicted molar refractivity (Wildman–Crippen MR) is 98.5 cm³/mol. The van der Waals surface area contributed by atoms with Gasteiger partial charge >= 0.3 is 0 Å². The van der Waals surface area contributed by atoms with Gasteiger partial charge in [-0.15, -0.1) is 0 Å². The lowest BCUT2D eigenvalue weighted by Crippen LogP contribution is -2.32. The maximum absolute atomic E-state index is 11.4. The quantitative estimate of drug-likeness (QED) is 0.387. The van der Waals surface area contributed by atoms with Gasteiger partial charge in [-0.1, -0.05) is 11.6 Å². The van der Waals surface area contributed by atoms with Crippen LogP contribution in [0.15, 0.2) is 29.8 Å². The summed E-state index contributed by atoms with van der Waals surface area (Å²) in [6.45, 7) is 3.04. The number of ether oxygens (including phenoxy) is 2. The molecule has 0 radical (unpaired) electrons. The lowest BCUT2D eigenvalue weighted by molar-refractivity contribution is 0.101. The monoisotopic (exact) mass is 347 g/mol. The third-order valence-corrected chi connectivity index (χ3v) is 4.39. The van der Waals surface area contributed by atoms with E-state index in [9.17, 15) is 9.90 Å². The molecular formula is C20H29NO4. The van der Waals surface area contributed by atoms with E-state index in [1.807, 2.05) is 0 Å². The van der Waals surface area contributed by atoms with Crippen molar-refractivity contribution in [1.29, 1.82) is 0 Å². The van der Waals surface area contributed by atoms with Crippen molar-refractivity contribution >= 4 is 5.78 Å². The molecule has 0 saturated carbocycles. The van der Waals surface area contributed by atoms with Crippen LogP contribution in [0.3, 0.4) is 0 Å². The second-order valence-corrected chi connectivity index (χ2v) is 6.45. The van der Waals surface area contributed by atoms with E-state index in [-0.39, 0.29) is 12.4 Å². The number of aliphatic hydroxyl groups is 1. The van der Waals surface area contributed by atoms with E-state index in [1.165, 1.54) is 45.3 Å². The van der Waals surface area contributed by atoms with Gasteiger partial charge in [-0.3, -0.25) is 4.79 Å². The number of methoxy groups -OCH3 is 1. The van der Waals surface area contributed by atoms with Gasteiger partial charge in [-0.25, -0.2) is 0 Å². The van der Waals surface area contributed by atoms with E-state index in [2.05, 4.69) is 11.4 Å². The zero-order valence-electron chi connectivity index (χ0n) is 15.2. The number of hydrogen-bond acceptors (Lipinski definition) is 5. The van der Waals surface area contributed by atoms with Crippen molar-refractivity contribution in [3.63, 3.8) is 0 Å². The molecule has 1 aromatic carbocycles. The number of carbonyl (C=O) groups excluding carboxylic acids is 1. The van der Waals surface area contributed by atoms with Crippen LogP contribution < -0.4 is 14.8 Å². The Labute approximate surface area is 150 Å². The molecule has 0 unspecified atom stereocenters.